The topological polar surface area (TPSA) is 137 Å². The normalized spacial score (nSPS) is 17.1. The fourth-order valence-electron chi connectivity index (χ4n) is 5.29. The van der Waals surface area contributed by atoms with Crippen molar-refractivity contribution < 1.29 is 27.9 Å². The van der Waals surface area contributed by atoms with Gasteiger partial charge in [0.05, 0.1) is 29.7 Å². The van der Waals surface area contributed by atoms with E-state index in [1.165, 1.54) is 32.1 Å². The van der Waals surface area contributed by atoms with Gasteiger partial charge < -0.3 is 25.4 Å². The Morgan fingerprint density at radius 1 is 1.03 bits per heavy atom. The predicted molar refractivity (Wildman–Crippen MR) is 145 cm³/mol. The second-order valence-electron chi connectivity index (χ2n) is 9.82. The molecule has 2 aromatic carbocycles. The summed E-state index contributed by atoms with van der Waals surface area (Å²) in [5.41, 5.74) is 1.11. The minimum atomic E-state index is -4.00. The van der Waals surface area contributed by atoms with E-state index in [0.29, 0.717) is 11.7 Å². The first-order valence-corrected chi connectivity index (χ1v) is 14.5. The summed E-state index contributed by atoms with van der Waals surface area (Å²) in [6, 6.07) is 11.1. The van der Waals surface area contributed by atoms with Crippen LogP contribution in [-0.2, 0) is 14.8 Å². The van der Waals surface area contributed by atoms with Crippen LogP contribution in [-0.4, -0.2) is 65.2 Å². The summed E-state index contributed by atoms with van der Waals surface area (Å²) in [7, 11) is -2.51. The maximum absolute atomic E-state index is 13.2. The molecule has 2 saturated heterocycles. The lowest BCUT2D eigenvalue weighted by Crippen LogP contribution is -2.39. The SMILES string of the molecule is COc1ccc(S(=O)(=O)Nc2cc(N3CCC(C4CCNCC4)CC3)ccc2C(=O)NCCC(=O)O)cc1. The second kappa shape index (κ2) is 12.5. The number of carboxylic acid groups (broad SMARTS) is 1. The number of nitrogens with zero attached hydrogens (tertiary/aromatic N) is 1. The van der Waals surface area contributed by atoms with Gasteiger partial charge in [-0.2, -0.15) is 0 Å². The standard InChI is InChI=1S/C27H36N4O6S/c1-37-22-3-5-23(6-4-22)38(35,36)30-25-18-21(2-7-24(25)27(34)29-15-10-26(32)33)31-16-11-20(12-17-31)19-8-13-28-14-9-19/h2-7,18-20,28,30H,8-17H2,1H3,(H,29,34)(H,32,33). The highest BCUT2D eigenvalue weighted by Crippen LogP contribution is 2.34. The lowest BCUT2D eigenvalue weighted by Gasteiger charge is -2.39. The van der Waals surface area contributed by atoms with Gasteiger partial charge in [0.2, 0.25) is 0 Å². The third kappa shape index (κ3) is 6.96. The number of hydrogen-bond donors (Lipinski definition) is 4. The molecule has 0 aliphatic carbocycles. The number of methoxy groups -OCH3 is 1. The third-order valence-corrected chi connectivity index (χ3v) is 8.82. The van der Waals surface area contributed by atoms with Gasteiger partial charge in [0, 0.05) is 25.3 Å². The summed E-state index contributed by atoms with van der Waals surface area (Å²) in [5.74, 6) is 0.393. The first kappa shape index (κ1) is 27.7. The van der Waals surface area contributed by atoms with Crippen molar-refractivity contribution in [1.29, 1.82) is 0 Å². The van der Waals surface area contributed by atoms with Crippen molar-refractivity contribution in [3.63, 3.8) is 0 Å². The van der Waals surface area contributed by atoms with Crippen LogP contribution in [0.25, 0.3) is 0 Å². The number of ether oxygens (including phenoxy) is 1. The molecule has 38 heavy (non-hydrogen) atoms. The monoisotopic (exact) mass is 544 g/mol. The molecule has 4 N–H and O–H groups in total. The van der Waals surface area contributed by atoms with Crippen LogP contribution < -0.4 is 25.0 Å². The Hall–Kier alpha value is -3.31. The van der Waals surface area contributed by atoms with Crippen LogP contribution in [0.15, 0.2) is 47.4 Å². The van der Waals surface area contributed by atoms with Gasteiger partial charge in [-0.3, -0.25) is 14.3 Å². The molecule has 0 bridgehead atoms. The molecule has 0 atom stereocenters. The van der Waals surface area contributed by atoms with Crippen LogP contribution in [0.2, 0.25) is 0 Å². The maximum atomic E-state index is 13.2. The van der Waals surface area contributed by atoms with Gasteiger partial charge in [-0.25, -0.2) is 8.42 Å². The van der Waals surface area contributed by atoms with E-state index < -0.39 is 21.9 Å². The molecule has 2 heterocycles. The molecule has 0 aromatic heterocycles. The molecular weight excluding hydrogens is 508 g/mol. The quantitative estimate of drug-likeness (QED) is 0.358. The van der Waals surface area contributed by atoms with Gasteiger partial charge in [-0.1, -0.05) is 0 Å². The maximum Gasteiger partial charge on any atom is 0.305 e. The van der Waals surface area contributed by atoms with Crippen LogP contribution >= 0.6 is 0 Å². The van der Waals surface area contributed by atoms with Crippen LogP contribution in [0.5, 0.6) is 5.75 Å². The minimum Gasteiger partial charge on any atom is -0.497 e. The van der Waals surface area contributed by atoms with Crippen molar-refractivity contribution >= 4 is 33.3 Å². The van der Waals surface area contributed by atoms with Crippen molar-refractivity contribution in [2.75, 3.05) is 49.5 Å². The van der Waals surface area contributed by atoms with Crippen molar-refractivity contribution in [3.05, 3.63) is 48.0 Å². The van der Waals surface area contributed by atoms with E-state index in [0.717, 1.165) is 50.6 Å². The molecular formula is C27H36N4O6S. The lowest BCUT2D eigenvalue weighted by molar-refractivity contribution is -0.136. The zero-order valence-electron chi connectivity index (χ0n) is 21.6. The fraction of sp³-hybridized carbons (Fsp3) is 0.481. The Kier molecular flexibility index (Phi) is 9.11. The number of benzene rings is 2. The molecule has 2 aliphatic rings. The number of amides is 1. The van der Waals surface area contributed by atoms with Gasteiger partial charge >= 0.3 is 5.97 Å². The number of sulfonamides is 1. The fourth-order valence-corrected chi connectivity index (χ4v) is 6.36. The van der Waals surface area contributed by atoms with Crippen LogP contribution in [0.1, 0.15) is 42.5 Å². The number of piperidine rings is 2. The Balaban J connectivity index is 1.54. The average molecular weight is 545 g/mol. The second-order valence-corrected chi connectivity index (χ2v) is 11.5. The molecule has 0 radical (unpaired) electrons. The molecule has 2 aliphatic heterocycles. The molecule has 0 unspecified atom stereocenters. The number of carboxylic acids is 1. The van der Waals surface area contributed by atoms with E-state index in [1.54, 1.807) is 24.3 Å². The predicted octanol–water partition coefficient (Wildman–Crippen LogP) is 2.92. The van der Waals surface area contributed by atoms with Gasteiger partial charge in [0.25, 0.3) is 15.9 Å². The molecule has 0 saturated carbocycles. The third-order valence-electron chi connectivity index (χ3n) is 7.44. The largest absolute Gasteiger partial charge is 0.497 e. The van der Waals surface area contributed by atoms with E-state index in [-0.39, 0.29) is 29.1 Å². The van der Waals surface area contributed by atoms with Crippen LogP contribution in [0.4, 0.5) is 11.4 Å². The van der Waals surface area contributed by atoms with Crippen molar-refractivity contribution in [3.8, 4) is 5.75 Å². The van der Waals surface area contributed by atoms with Crippen LogP contribution in [0.3, 0.4) is 0 Å². The number of carbonyl (C=O) groups excluding carboxylic acids is 1. The molecule has 4 rings (SSSR count). The van der Waals surface area contributed by atoms with Gasteiger partial charge in [-0.05, 0) is 93.1 Å². The summed E-state index contributed by atoms with van der Waals surface area (Å²) < 4.78 is 34.1. The molecule has 1 amide bonds. The smallest absolute Gasteiger partial charge is 0.305 e. The number of nitrogens with one attached hydrogen (secondary N) is 3. The Morgan fingerprint density at radius 2 is 1.68 bits per heavy atom. The van der Waals surface area contributed by atoms with Gasteiger partial charge in [-0.15, -0.1) is 0 Å². The highest BCUT2D eigenvalue weighted by atomic mass is 32.2. The van der Waals surface area contributed by atoms with Crippen molar-refractivity contribution in [2.24, 2.45) is 11.8 Å². The van der Waals surface area contributed by atoms with E-state index >= 15 is 0 Å². The number of anilines is 2. The van der Waals surface area contributed by atoms with Crippen molar-refractivity contribution in [1.82, 2.24) is 10.6 Å². The number of aliphatic carboxylic acids is 1. The molecule has 2 aromatic rings. The van der Waals surface area contributed by atoms with E-state index in [1.807, 2.05) is 6.07 Å². The summed E-state index contributed by atoms with van der Waals surface area (Å²) in [4.78, 5) is 26.0. The molecule has 0 spiro atoms. The molecule has 11 heteroatoms. The Bertz CT molecular complexity index is 1220. The van der Waals surface area contributed by atoms with E-state index in [9.17, 15) is 18.0 Å². The zero-order valence-corrected chi connectivity index (χ0v) is 22.4. The number of rotatable bonds is 10. The molecule has 206 valence electrons. The number of hydrogen-bond acceptors (Lipinski definition) is 7. The minimum absolute atomic E-state index is 0.0312. The Morgan fingerprint density at radius 3 is 2.32 bits per heavy atom. The van der Waals surface area contributed by atoms with Crippen LogP contribution in [0, 0.1) is 11.8 Å². The molecule has 2 fully saturated rings. The zero-order chi connectivity index (χ0) is 27.1. The molecule has 10 nitrogen and oxygen atoms in total. The lowest BCUT2D eigenvalue weighted by atomic mass is 9.79. The summed E-state index contributed by atoms with van der Waals surface area (Å²) >= 11 is 0. The highest BCUT2D eigenvalue weighted by Gasteiger charge is 2.28. The summed E-state index contributed by atoms with van der Waals surface area (Å²) in [6.07, 6.45) is 4.36. The van der Waals surface area contributed by atoms with Gasteiger partial charge in [0.15, 0.2) is 0 Å². The first-order valence-electron chi connectivity index (χ1n) is 13.0. The highest BCUT2D eigenvalue weighted by molar-refractivity contribution is 7.92. The van der Waals surface area contributed by atoms with E-state index in [2.05, 4.69) is 20.3 Å². The first-order chi connectivity index (χ1) is 18.3. The Labute approximate surface area is 223 Å². The summed E-state index contributed by atoms with van der Waals surface area (Å²) in [6.45, 7) is 3.83. The average Bonchev–Trinajstić information content (AvgIpc) is 2.93. The summed E-state index contributed by atoms with van der Waals surface area (Å²) in [5, 5.41) is 14.9. The number of carbonyl (C=O) groups is 2. The van der Waals surface area contributed by atoms with E-state index in [4.69, 9.17) is 9.84 Å². The van der Waals surface area contributed by atoms with Gasteiger partial charge in [0.1, 0.15) is 5.75 Å². The van der Waals surface area contributed by atoms with Crippen molar-refractivity contribution in [2.45, 2.75) is 37.0 Å².